The van der Waals surface area contributed by atoms with Gasteiger partial charge in [-0.2, -0.15) is 0 Å². The van der Waals surface area contributed by atoms with Gasteiger partial charge in [-0.25, -0.2) is 4.79 Å². The number of pyridine rings is 1. The number of ether oxygens (including phenoxy) is 2. The van der Waals surface area contributed by atoms with Gasteiger partial charge in [-0.05, 0) is 132 Å². The van der Waals surface area contributed by atoms with Crippen molar-refractivity contribution >= 4 is 40.8 Å². The molecule has 0 saturated heterocycles. The summed E-state index contributed by atoms with van der Waals surface area (Å²) in [6.07, 6.45) is 8.41. The van der Waals surface area contributed by atoms with E-state index in [4.69, 9.17) is 32.7 Å². The van der Waals surface area contributed by atoms with E-state index < -0.39 is 18.1 Å². The topological polar surface area (TPSA) is 104 Å². The monoisotopic (exact) mass is 874 g/mol. The number of amides is 1. The van der Waals surface area contributed by atoms with E-state index in [1.54, 1.807) is 12.3 Å². The number of rotatable bonds is 13. The molecule has 0 spiro atoms. The SMILES string of the molecule is CC[C@@H](Oc1ccc([C@H]2CCN(C)c3cc4c(cc3O2)CN(CC2CCCC2)[C@H](C(=O)N[C@@H](Cc2ccc(-c3ccnc(C)c3C)cc2)C(=O)O)C4)cc1)c1ccc(Cl)c(Cl)c1. The first-order valence-electron chi connectivity index (χ1n) is 22.0. The zero-order valence-electron chi connectivity index (χ0n) is 36.0. The highest BCUT2D eigenvalue weighted by molar-refractivity contribution is 6.42. The molecular formula is C51H56Cl2N4O5. The third kappa shape index (κ3) is 9.75. The molecule has 4 aromatic carbocycles. The van der Waals surface area contributed by atoms with E-state index >= 15 is 0 Å². The quantitative estimate of drug-likeness (QED) is 0.121. The average Bonchev–Trinajstić information content (AvgIpc) is 3.73. The molecule has 1 fully saturated rings. The van der Waals surface area contributed by atoms with Gasteiger partial charge in [-0.1, -0.05) is 85.4 Å². The Balaban J connectivity index is 0.983. The molecule has 3 heterocycles. The Morgan fingerprint density at radius 2 is 1.69 bits per heavy atom. The van der Waals surface area contributed by atoms with Crippen LogP contribution in [-0.2, 0) is 29.0 Å². The summed E-state index contributed by atoms with van der Waals surface area (Å²) in [5.41, 5.74) is 10.4. The van der Waals surface area contributed by atoms with Crippen molar-refractivity contribution < 1.29 is 24.2 Å². The van der Waals surface area contributed by atoms with Gasteiger partial charge >= 0.3 is 5.97 Å². The van der Waals surface area contributed by atoms with Gasteiger partial charge in [-0.15, -0.1) is 0 Å². The Morgan fingerprint density at radius 1 is 0.935 bits per heavy atom. The summed E-state index contributed by atoms with van der Waals surface area (Å²) in [7, 11) is 2.09. The summed E-state index contributed by atoms with van der Waals surface area (Å²) in [4.78, 5) is 35.9. The largest absolute Gasteiger partial charge is 0.486 e. The Hall–Kier alpha value is -5.09. The summed E-state index contributed by atoms with van der Waals surface area (Å²) >= 11 is 12.5. The Kier molecular flexibility index (Phi) is 13.4. The maximum atomic E-state index is 14.3. The van der Waals surface area contributed by atoms with Crippen LogP contribution in [-0.4, -0.2) is 59.1 Å². The first-order chi connectivity index (χ1) is 29.9. The number of hydrogen-bond acceptors (Lipinski definition) is 7. The molecule has 2 aliphatic heterocycles. The number of hydrogen-bond donors (Lipinski definition) is 2. The van der Waals surface area contributed by atoms with Gasteiger partial charge < -0.3 is 24.8 Å². The van der Waals surface area contributed by atoms with E-state index in [9.17, 15) is 14.7 Å². The highest BCUT2D eigenvalue weighted by Crippen LogP contribution is 2.42. The van der Waals surface area contributed by atoms with Crippen molar-refractivity contribution in [3.8, 4) is 22.6 Å². The molecule has 1 aromatic heterocycles. The summed E-state index contributed by atoms with van der Waals surface area (Å²) in [5.74, 6) is 0.813. The average molecular weight is 876 g/mol. The molecule has 0 radical (unpaired) electrons. The molecule has 3 aliphatic rings. The molecule has 5 aromatic rings. The van der Waals surface area contributed by atoms with Crippen LogP contribution < -0.4 is 19.7 Å². The number of carboxylic acid groups (broad SMARTS) is 1. The van der Waals surface area contributed by atoms with E-state index in [-0.39, 0.29) is 24.5 Å². The third-order valence-corrected chi connectivity index (χ3v) is 13.9. The Morgan fingerprint density at radius 3 is 2.40 bits per heavy atom. The van der Waals surface area contributed by atoms with Crippen LogP contribution in [0.25, 0.3) is 11.1 Å². The second-order valence-electron chi connectivity index (χ2n) is 17.3. The number of carbonyl (C=O) groups is 2. The number of nitrogens with zero attached hydrogens (tertiary/aromatic N) is 3. The van der Waals surface area contributed by atoms with E-state index in [0.29, 0.717) is 28.9 Å². The maximum absolute atomic E-state index is 14.3. The van der Waals surface area contributed by atoms with Crippen LogP contribution in [0.15, 0.2) is 91.1 Å². The fraction of sp³-hybridized carbons (Fsp3) is 0.392. The number of aliphatic carboxylic acids is 1. The summed E-state index contributed by atoms with van der Waals surface area (Å²) in [6, 6.07) is 26.5. The van der Waals surface area contributed by atoms with Gasteiger partial charge in [0.25, 0.3) is 0 Å². The Bertz CT molecular complexity index is 2400. The van der Waals surface area contributed by atoms with Gasteiger partial charge in [0.15, 0.2) is 0 Å². The maximum Gasteiger partial charge on any atom is 0.326 e. The molecule has 1 amide bonds. The minimum atomic E-state index is -1.06. The van der Waals surface area contributed by atoms with E-state index in [1.807, 2.05) is 61.5 Å². The number of aromatic nitrogens is 1. The number of carbonyl (C=O) groups excluding carboxylic acids is 1. The predicted octanol–water partition coefficient (Wildman–Crippen LogP) is 10.9. The molecular weight excluding hydrogens is 819 g/mol. The molecule has 0 unspecified atom stereocenters. The van der Waals surface area contributed by atoms with Crippen LogP contribution in [0, 0.1) is 19.8 Å². The molecule has 0 bridgehead atoms. The smallest absolute Gasteiger partial charge is 0.326 e. The van der Waals surface area contributed by atoms with Crippen LogP contribution in [0.5, 0.6) is 11.5 Å². The first-order valence-corrected chi connectivity index (χ1v) is 22.7. The van der Waals surface area contributed by atoms with Crippen molar-refractivity contribution in [1.29, 1.82) is 0 Å². The minimum absolute atomic E-state index is 0.160. The third-order valence-electron chi connectivity index (χ3n) is 13.2. The van der Waals surface area contributed by atoms with Gasteiger partial charge in [0.2, 0.25) is 5.91 Å². The lowest BCUT2D eigenvalue weighted by atomic mass is 9.90. The summed E-state index contributed by atoms with van der Waals surface area (Å²) < 4.78 is 13.3. The predicted molar refractivity (Wildman–Crippen MR) is 247 cm³/mol. The number of carboxylic acids is 1. The molecule has 4 atom stereocenters. The van der Waals surface area contributed by atoms with E-state index in [1.165, 1.54) is 12.8 Å². The normalized spacial score (nSPS) is 18.8. The van der Waals surface area contributed by atoms with E-state index in [2.05, 4.69) is 65.3 Å². The molecule has 2 N–H and O–H groups in total. The standard InChI is InChI=1S/C51H56Cl2N4O5/c1-5-47(37-16-19-42(52)43(53)25-37)61-40-17-14-36(15-18-40)48-21-23-56(4)45-26-38-27-46(57(29-34-8-6-7-9-34)30-39(38)28-49(45)62-48)50(58)55-44(51(59)60)24-33-10-12-35(13-11-33)41-20-22-54-32(3)31(41)2/h10-20,22,25-26,28,34,44,46-48H,5-9,21,23-24,27,29-30H2,1-4H3,(H,55,58)(H,59,60)/t44-,46-,47+,48+/m0/s1. The number of nitrogens with one attached hydrogen (secondary N) is 1. The molecule has 8 rings (SSSR count). The number of halogens is 2. The molecule has 62 heavy (non-hydrogen) atoms. The highest BCUT2D eigenvalue weighted by Gasteiger charge is 2.37. The lowest BCUT2D eigenvalue weighted by Gasteiger charge is -2.38. The van der Waals surface area contributed by atoms with Crippen molar-refractivity contribution in [3.05, 3.63) is 140 Å². The fourth-order valence-corrected chi connectivity index (χ4v) is 9.71. The molecule has 1 aliphatic carbocycles. The van der Waals surface area contributed by atoms with Crippen molar-refractivity contribution in [2.45, 2.75) is 103 Å². The number of aryl methyl sites for hydroxylation is 1. The molecule has 324 valence electrons. The van der Waals surface area contributed by atoms with Crippen molar-refractivity contribution in [2.75, 3.05) is 25.0 Å². The lowest BCUT2D eigenvalue weighted by Crippen LogP contribution is -2.55. The van der Waals surface area contributed by atoms with Crippen LogP contribution >= 0.6 is 23.2 Å². The van der Waals surface area contributed by atoms with E-state index in [0.717, 1.165) is 106 Å². The van der Waals surface area contributed by atoms with Crippen molar-refractivity contribution in [2.24, 2.45) is 5.92 Å². The van der Waals surface area contributed by atoms with Gasteiger partial charge in [0.1, 0.15) is 29.7 Å². The molecule has 9 nitrogen and oxygen atoms in total. The van der Waals surface area contributed by atoms with Gasteiger partial charge in [-0.3, -0.25) is 14.7 Å². The van der Waals surface area contributed by atoms with Crippen LogP contribution in [0.4, 0.5) is 5.69 Å². The fourth-order valence-electron chi connectivity index (χ4n) is 9.41. The summed E-state index contributed by atoms with van der Waals surface area (Å²) in [6.45, 7) is 8.30. The second-order valence-corrected chi connectivity index (χ2v) is 18.1. The molecule has 11 heteroatoms. The van der Waals surface area contributed by atoms with Crippen LogP contribution in [0.1, 0.15) is 96.7 Å². The first kappa shape index (κ1) is 43.6. The van der Waals surface area contributed by atoms with Crippen LogP contribution in [0.3, 0.4) is 0 Å². The zero-order valence-corrected chi connectivity index (χ0v) is 37.5. The highest BCUT2D eigenvalue weighted by atomic mass is 35.5. The minimum Gasteiger partial charge on any atom is -0.486 e. The lowest BCUT2D eigenvalue weighted by molar-refractivity contribution is -0.142. The number of fused-ring (bicyclic) bond motifs is 2. The van der Waals surface area contributed by atoms with Crippen LogP contribution in [0.2, 0.25) is 10.0 Å². The van der Waals surface area contributed by atoms with Gasteiger partial charge in [0, 0.05) is 51.4 Å². The number of anilines is 1. The Labute approximate surface area is 375 Å². The second kappa shape index (κ2) is 19.1. The van der Waals surface area contributed by atoms with Crippen molar-refractivity contribution in [3.63, 3.8) is 0 Å². The number of benzene rings is 4. The molecule has 1 saturated carbocycles. The zero-order chi connectivity index (χ0) is 43.5. The van der Waals surface area contributed by atoms with Gasteiger partial charge in [0.05, 0.1) is 21.8 Å². The summed E-state index contributed by atoms with van der Waals surface area (Å²) in [5, 5.41) is 14.4. The van der Waals surface area contributed by atoms with Crippen molar-refractivity contribution in [1.82, 2.24) is 15.2 Å².